The lowest BCUT2D eigenvalue weighted by Crippen LogP contribution is -2.63. The molecule has 0 bridgehead atoms. The molecule has 0 amide bonds. The molecule has 4 nitrogen and oxygen atoms in total. The van der Waals surface area contributed by atoms with Crippen LogP contribution in [0.5, 0.6) is 0 Å². The lowest BCUT2D eigenvalue weighted by Gasteiger charge is -2.47. The molecule has 1 aliphatic rings. The number of piperazine rings is 1. The summed E-state index contributed by atoms with van der Waals surface area (Å²) >= 11 is 0. The standard InChI is InChI=1S/C14H30N2O2S/c1-11(2)13-9-16(14(5,6)10-15-13)7-8-19(17,18)12(3)4/h11-13,15H,7-10H2,1-6H3. The minimum absolute atomic E-state index is 0.0257. The summed E-state index contributed by atoms with van der Waals surface area (Å²) in [5.41, 5.74) is 0.0257. The van der Waals surface area contributed by atoms with E-state index >= 15 is 0 Å². The Balaban J connectivity index is 2.68. The highest BCUT2D eigenvalue weighted by Crippen LogP contribution is 2.21. The molecule has 1 fully saturated rings. The first-order valence-electron chi connectivity index (χ1n) is 7.26. The van der Waals surface area contributed by atoms with Crippen LogP contribution in [-0.2, 0) is 9.84 Å². The Kier molecular flexibility index (Phi) is 5.43. The minimum atomic E-state index is -2.95. The summed E-state index contributed by atoms with van der Waals surface area (Å²) in [7, 11) is -2.95. The summed E-state index contributed by atoms with van der Waals surface area (Å²) in [6.45, 7) is 14.8. The Bertz CT molecular complexity index is 388. The van der Waals surface area contributed by atoms with Crippen molar-refractivity contribution >= 4 is 9.84 Å². The SMILES string of the molecule is CC(C)C1CN(CCS(=O)(=O)C(C)C)C(C)(C)CN1. The van der Waals surface area contributed by atoms with Gasteiger partial charge in [0.05, 0.1) is 11.0 Å². The molecule has 0 saturated carbocycles. The molecular weight excluding hydrogens is 260 g/mol. The second-order valence-electron chi connectivity index (χ2n) is 6.91. The molecular formula is C14H30N2O2S. The average Bonchev–Trinajstić information content (AvgIpc) is 2.26. The van der Waals surface area contributed by atoms with Gasteiger partial charge in [0.1, 0.15) is 0 Å². The maximum atomic E-state index is 12.0. The summed E-state index contributed by atoms with van der Waals surface area (Å²) in [5.74, 6) is 0.833. The predicted octanol–water partition coefficient (Wildman–Crippen LogP) is 1.52. The van der Waals surface area contributed by atoms with Gasteiger partial charge in [0.2, 0.25) is 0 Å². The Hall–Kier alpha value is -0.130. The van der Waals surface area contributed by atoms with Gasteiger partial charge in [0.15, 0.2) is 9.84 Å². The number of hydrogen-bond acceptors (Lipinski definition) is 4. The fourth-order valence-corrected chi connectivity index (χ4v) is 3.30. The zero-order valence-electron chi connectivity index (χ0n) is 13.2. The normalized spacial score (nSPS) is 25.2. The fourth-order valence-electron chi connectivity index (χ4n) is 2.36. The van der Waals surface area contributed by atoms with Crippen molar-refractivity contribution in [2.24, 2.45) is 5.92 Å². The topological polar surface area (TPSA) is 49.4 Å². The molecule has 1 saturated heterocycles. The molecule has 0 spiro atoms. The van der Waals surface area contributed by atoms with Gasteiger partial charge in [-0.25, -0.2) is 8.42 Å². The quantitative estimate of drug-likeness (QED) is 0.834. The largest absolute Gasteiger partial charge is 0.311 e. The van der Waals surface area contributed by atoms with E-state index < -0.39 is 9.84 Å². The van der Waals surface area contributed by atoms with Gasteiger partial charge in [0, 0.05) is 31.2 Å². The van der Waals surface area contributed by atoms with E-state index in [-0.39, 0.29) is 16.5 Å². The first kappa shape index (κ1) is 16.9. The Morgan fingerprint density at radius 2 is 1.84 bits per heavy atom. The number of hydrogen-bond donors (Lipinski definition) is 1. The van der Waals surface area contributed by atoms with Gasteiger partial charge in [-0.2, -0.15) is 0 Å². The second kappa shape index (κ2) is 6.10. The maximum absolute atomic E-state index is 12.0. The van der Waals surface area contributed by atoms with Crippen molar-refractivity contribution in [1.29, 1.82) is 0 Å². The van der Waals surface area contributed by atoms with Gasteiger partial charge in [-0.15, -0.1) is 0 Å². The van der Waals surface area contributed by atoms with Crippen LogP contribution in [0.3, 0.4) is 0 Å². The van der Waals surface area contributed by atoms with E-state index in [1.54, 1.807) is 13.8 Å². The zero-order chi connectivity index (χ0) is 14.8. The van der Waals surface area contributed by atoms with Gasteiger partial charge in [0.25, 0.3) is 0 Å². The molecule has 0 aromatic rings. The van der Waals surface area contributed by atoms with E-state index in [1.807, 2.05) is 0 Å². The molecule has 1 atom stereocenters. The van der Waals surface area contributed by atoms with Crippen LogP contribution in [0.25, 0.3) is 0 Å². The second-order valence-corrected chi connectivity index (χ2v) is 9.58. The molecule has 1 heterocycles. The van der Waals surface area contributed by atoms with Crippen LogP contribution in [0.1, 0.15) is 41.5 Å². The molecule has 0 radical (unpaired) electrons. The highest BCUT2D eigenvalue weighted by Gasteiger charge is 2.35. The van der Waals surface area contributed by atoms with E-state index in [0.717, 1.165) is 13.1 Å². The molecule has 0 aromatic heterocycles. The fraction of sp³-hybridized carbons (Fsp3) is 1.00. The Labute approximate surface area is 118 Å². The third kappa shape index (κ3) is 4.43. The lowest BCUT2D eigenvalue weighted by atomic mass is 9.93. The van der Waals surface area contributed by atoms with Crippen LogP contribution in [0.2, 0.25) is 0 Å². The molecule has 1 unspecified atom stereocenters. The van der Waals surface area contributed by atoms with Crippen molar-refractivity contribution in [3.8, 4) is 0 Å². The lowest BCUT2D eigenvalue weighted by molar-refractivity contribution is 0.0606. The number of rotatable bonds is 5. The zero-order valence-corrected chi connectivity index (χ0v) is 14.0. The maximum Gasteiger partial charge on any atom is 0.153 e. The summed E-state index contributed by atoms with van der Waals surface area (Å²) in [6.07, 6.45) is 0. The molecule has 0 aromatic carbocycles. The Morgan fingerprint density at radius 1 is 1.26 bits per heavy atom. The van der Waals surface area contributed by atoms with Crippen LogP contribution in [0, 0.1) is 5.92 Å². The number of nitrogens with zero attached hydrogens (tertiary/aromatic N) is 1. The van der Waals surface area contributed by atoms with E-state index in [1.165, 1.54) is 0 Å². The first-order chi connectivity index (χ1) is 8.56. The van der Waals surface area contributed by atoms with E-state index in [0.29, 0.717) is 18.5 Å². The third-order valence-electron chi connectivity index (χ3n) is 4.24. The van der Waals surface area contributed by atoms with Crippen molar-refractivity contribution < 1.29 is 8.42 Å². The number of sulfone groups is 1. The van der Waals surface area contributed by atoms with E-state index in [9.17, 15) is 8.42 Å². The highest BCUT2D eigenvalue weighted by atomic mass is 32.2. The minimum Gasteiger partial charge on any atom is -0.311 e. The van der Waals surface area contributed by atoms with Crippen molar-refractivity contribution in [1.82, 2.24) is 10.2 Å². The van der Waals surface area contributed by atoms with Gasteiger partial charge >= 0.3 is 0 Å². The average molecular weight is 290 g/mol. The van der Waals surface area contributed by atoms with E-state index in [2.05, 4.69) is 37.9 Å². The summed E-state index contributed by atoms with van der Waals surface area (Å²) in [6, 6.07) is 0.453. The van der Waals surface area contributed by atoms with Crippen LogP contribution < -0.4 is 5.32 Å². The van der Waals surface area contributed by atoms with Crippen molar-refractivity contribution in [2.45, 2.75) is 58.4 Å². The van der Waals surface area contributed by atoms with Gasteiger partial charge in [-0.05, 0) is 33.6 Å². The summed E-state index contributed by atoms with van der Waals surface area (Å²) < 4.78 is 23.9. The number of nitrogens with one attached hydrogen (secondary N) is 1. The third-order valence-corrected chi connectivity index (χ3v) is 6.43. The highest BCUT2D eigenvalue weighted by molar-refractivity contribution is 7.92. The van der Waals surface area contributed by atoms with E-state index in [4.69, 9.17) is 0 Å². The van der Waals surface area contributed by atoms with Crippen LogP contribution in [0.15, 0.2) is 0 Å². The van der Waals surface area contributed by atoms with Gasteiger partial charge in [-0.1, -0.05) is 13.8 Å². The smallest absolute Gasteiger partial charge is 0.153 e. The molecule has 19 heavy (non-hydrogen) atoms. The molecule has 1 N–H and O–H groups in total. The molecule has 114 valence electrons. The Morgan fingerprint density at radius 3 is 2.32 bits per heavy atom. The summed E-state index contributed by atoms with van der Waals surface area (Å²) in [5, 5.41) is 3.29. The van der Waals surface area contributed by atoms with Crippen LogP contribution in [0.4, 0.5) is 0 Å². The first-order valence-corrected chi connectivity index (χ1v) is 8.98. The molecule has 5 heteroatoms. The van der Waals surface area contributed by atoms with Crippen LogP contribution in [-0.4, -0.2) is 55.5 Å². The van der Waals surface area contributed by atoms with Crippen molar-refractivity contribution in [2.75, 3.05) is 25.4 Å². The monoisotopic (exact) mass is 290 g/mol. The van der Waals surface area contributed by atoms with Crippen LogP contribution >= 0.6 is 0 Å². The van der Waals surface area contributed by atoms with Gasteiger partial charge < -0.3 is 5.32 Å². The molecule has 1 rings (SSSR count). The van der Waals surface area contributed by atoms with Crippen molar-refractivity contribution in [3.05, 3.63) is 0 Å². The predicted molar refractivity (Wildman–Crippen MR) is 81.2 cm³/mol. The molecule has 1 aliphatic heterocycles. The van der Waals surface area contributed by atoms with Gasteiger partial charge in [-0.3, -0.25) is 4.90 Å². The molecule has 0 aliphatic carbocycles. The van der Waals surface area contributed by atoms with Crippen molar-refractivity contribution in [3.63, 3.8) is 0 Å². The summed E-state index contributed by atoms with van der Waals surface area (Å²) in [4.78, 5) is 2.33.